The van der Waals surface area contributed by atoms with E-state index < -0.39 is 0 Å². The van der Waals surface area contributed by atoms with Crippen LogP contribution >= 0.6 is 23.8 Å². The summed E-state index contributed by atoms with van der Waals surface area (Å²) in [5.41, 5.74) is 8.54. The highest BCUT2D eigenvalue weighted by Gasteiger charge is 2.30. The Morgan fingerprint density at radius 2 is 1.82 bits per heavy atom. The smallest absolute Gasteiger partial charge is 0.187 e. The van der Waals surface area contributed by atoms with E-state index >= 15 is 0 Å². The second kappa shape index (κ2) is 6.02. The molecule has 2 N–H and O–H groups in total. The summed E-state index contributed by atoms with van der Waals surface area (Å²) >= 11 is 11.0. The van der Waals surface area contributed by atoms with Gasteiger partial charge in [0.15, 0.2) is 5.11 Å². The molecule has 0 aliphatic carbocycles. The van der Waals surface area contributed by atoms with Gasteiger partial charge in [-0.15, -0.1) is 0 Å². The van der Waals surface area contributed by atoms with Crippen molar-refractivity contribution in [2.24, 2.45) is 10.8 Å². The van der Waals surface area contributed by atoms with Crippen molar-refractivity contribution in [1.29, 1.82) is 0 Å². The number of nitrogens with two attached hydrogens (primary N) is 1. The van der Waals surface area contributed by atoms with Crippen LogP contribution in [0.25, 0.3) is 0 Å². The second-order valence-electron chi connectivity index (χ2n) is 5.01. The predicted octanol–water partition coefficient (Wildman–Crippen LogP) is 3.87. The molecule has 2 aromatic carbocycles. The van der Waals surface area contributed by atoms with Crippen molar-refractivity contribution >= 4 is 34.6 Å². The third kappa shape index (κ3) is 2.96. The topological polar surface area (TPSA) is 41.6 Å². The molecule has 0 saturated carbocycles. The zero-order chi connectivity index (χ0) is 15.7. The number of hydrazone groups is 1. The zero-order valence-electron chi connectivity index (χ0n) is 11.5. The number of hydrogen-bond acceptors (Lipinski definition) is 2. The Morgan fingerprint density at radius 3 is 2.41 bits per heavy atom. The molecule has 0 fully saturated rings. The van der Waals surface area contributed by atoms with Gasteiger partial charge in [-0.1, -0.05) is 35.9 Å². The molecule has 0 aromatic heterocycles. The van der Waals surface area contributed by atoms with E-state index in [9.17, 15) is 4.39 Å². The molecule has 0 saturated heterocycles. The van der Waals surface area contributed by atoms with Crippen molar-refractivity contribution < 1.29 is 4.39 Å². The van der Waals surface area contributed by atoms with E-state index in [1.807, 2.05) is 24.3 Å². The molecule has 0 spiro atoms. The first kappa shape index (κ1) is 14.9. The Bertz CT molecular complexity index is 728. The third-order valence-electron chi connectivity index (χ3n) is 3.57. The number of thiocarbonyl (C=S) groups is 1. The summed E-state index contributed by atoms with van der Waals surface area (Å²) in [5, 5.41) is 6.98. The van der Waals surface area contributed by atoms with Crippen molar-refractivity contribution in [2.45, 2.75) is 12.5 Å². The molecule has 0 bridgehead atoms. The predicted molar refractivity (Wildman–Crippen MR) is 90.4 cm³/mol. The fraction of sp³-hybridized carbons (Fsp3) is 0.125. The van der Waals surface area contributed by atoms with E-state index in [0.29, 0.717) is 11.4 Å². The highest BCUT2D eigenvalue weighted by molar-refractivity contribution is 7.80. The number of halogens is 2. The summed E-state index contributed by atoms with van der Waals surface area (Å²) in [6.07, 6.45) is 0.643. The zero-order valence-corrected chi connectivity index (χ0v) is 13.1. The highest BCUT2D eigenvalue weighted by atomic mass is 35.5. The van der Waals surface area contributed by atoms with Gasteiger partial charge in [-0.05, 0) is 47.6 Å². The summed E-state index contributed by atoms with van der Waals surface area (Å²) in [6.45, 7) is 0. The maximum atomic E-state index is 13.1. The molecular formula is C16H13ClFN3S. The first-order chi connectivity index (χ1) is 10.5. The Labute approximate surface area is 138 Å². The largest absolute Gasteiger partial charge is 0.375 e. The lowest BCUT2D eigenvalue weighted by molar-refractivity contribution is 0.372. The lowest BCUT2D eigenvalue weighted by Crippen LogP contribution is -2.31. The van der Waals surface area contributed by atoms with Crippen LogP contribution in [0.2, 0.25) is 5.02 Å². The number of nitrogens with zero attached hydrogens (tertiary/aromatic N) is 2. The Kier molecular flexibility index (Phi) is 4.09. The van der Waals surface area contributed by atoms with E-state index in [-0.39, 0.29) is 17.0 Å². The van der Waals surface area contributed by atoms with Gasteiger partial charge in [-0.3, -0.25) is 0 Å². The average Bonchev–Trinajstić information content (AvgIpc) is 2.94. The molecular weight excluding hydrogens is 321 g/mol. The fourth-order valence-corrected chi connectivity index (χ4v) is 2.77. The van der Waals surface area contributed by atoms with E-state index in [1.165, 1.54) is 12.1 Å². The van der Waals surface area contributed by atoms with Gasteiger partial charge < -0.3 is 5.73 Å². The van der Waals surface area contributed by atoms with Gasteiger partial charge in [0.1, 0.15) is 5.82 Å². The van der Waals surface area contributed by atoms with Crippen molar-refractivity contribution in [1.82, 2.24) is 5.01 Å². The van der Waals surface area contributed by atoms with E-state index in [4.69, 9.17) is 29.6 Å². The summed E-state index contributed by atoms with van der Waals surface area (Å²) in [7, 11) is 0. The second-order valence-corrected chi connectivity index (χ2v) is 5.86. The van der Waals surface area contributed by atoms with Crippen LogP contribution in [-0.2, 0) is 0 Å². The molecule has 112 valence electrons. The molecule has 0 unspecified atom stereocenters. The van der Waals surface area contributed by atoms with Crippen LogP contribution in [0.15, 0.2) is 53.6 Å². The number of benzene rings is 2. The quantitative estimate of drug-likeness (QED) is 0.848. The summed E-state index contributed by atoms with van der Waals surface area (Å²) in [6, 6.07) is 13.6. The number of hydrogen-bond donors (Lipinski definition) is 1. The monoisotopic (exact) mass is 333 g/mol. The third-order valence-corrected chi connectivity index (χ3v) is 4.01. The molecule has 6 heteroatoms. The maximum Gasteiger partial charge on any atom is 0.187 e. The van der Waals surface area contributed by atoms with Crippen molar-refractivity contribution in [2.75, 3.05) is 0 Å². The van der Waals surface area contributed by atoms with Gasteiger partial charge in [-0.2, -0.15) is 5.10 Å². The molecule has 3 rings (SSSR count). The first-order valence-corrected chi connectivity index (χ1v) is 7.51. The van der Waals surface area contributed by atoms with Gasteiger partial charge in [-0.25, -0.2) is 9.40 Å². The van der Waals surface area contributed by atoms with Gasteiger partial charge in [0.05, 0.1) is 11.8 Å². The maximum absolute atomic E-state index is 13.1. The fourth-order valence-electron chi connectivity index (χ4n) is 2.47. The SMILES string of the molecule is NC(=S)N1N=C(c2ccc(Cl)cc2)C[C@@H]1c1ccc(F)cc1. The molecule has 0 amide bonds. The highest BCUT2D eigenvalue weighted by Crippen LogP contribution is 2.32. The van der Waals surface area contributed by atoms with E-state index in [0.717, 1.165) is 16.8 Å². The lowest BCUT2D eigenvalue weighted by atomic mass is 9.98. The van der Waals surface area contributed by atoms with Crippen LogP contribution < -0.4 is 5.73 Å². The van der Waals surface area contributed by atoms with Crippen LogP contribution in [-0.4, -0.2) is 15.8 Å². The van der Waals surface area contributed by atoms with Crippen LogP contribution in [0.1, 0.15) is 23.6 Å². The molecule has 22 heavy (non-hydrogen) atoms. The van der Waals surface area contributed by atoms with Gasteiger partial charge >= 0.3 is 0 Å². The summed E-state index contributed by atoms with van der Waals surface area (Å²) in [5.74, 6) is -0.275. The lowest BCUT2D eigenvalue weighted by Gasteiger charge is -2.21. The normalized spacial score (nSPS) is 17.5. The standard InChI is InChI=1S/C16H13ClFN3S/c17-12-5-1-10(2-6-12)14-9-15(21(20-14)16(19)22)11-3-7-13(18)8-4-11/h1-8,15H,9H2,(H2,19,22)/t15-/m1/s1. The Balaban J connectivity index is 1.92. The van der Waals surface area contributed by atoms with Crippen LogP contribution in [0.3, 0.4) is 0 Å². The average molecular weight is 334 g/mol. The molecule has 1 aliphatic rings. The van der Waals surface area contributed by atoms with Crippen LogP contribution in [0.5, 0.6) is 0 Å². The van der Waals surface area contributed by atoms with Crippen molar-refractivity contribution in [3.05, 3.63) is 70.5 Å². The van der Waals surface area contributed by atoms with Crippen LogP contribution in [0, 0.1) is 5.82 Å². The molecule has 1 heterocycles. The van der Waals surface area contributed by atoms with Gasteiger partial charge in [0.2, 0.25) is 0 Å². The molecule has 2 aromatic rings. The van der Waals surface area contributed by atoms with Crippen LogP contribution in [0.4, 0.5) is 4.39 Å². The molecule has 1 atom stereocenters. The Morgan fingerprint density at radius 1 is 1.18 bits per heavy atom. The van der Waals surface area contributed by atoms with E-state index in [2.05, 4.69) is 5.10 Å². The van der Waals surface area contributed by atoms with Crippen molar-refractivity contribution in [3.63, 3.8) is 0 Å². The Hall–Kier alpha value is -1.98. The van der Waals surface area contributed by atoms with Gasteiger partial charge in [0, 0.05) is 11.4 Å². The van der Waals surface area contributed by atoms with Crippen molar-refractivity contribution in [3.8, 4) is 0 Å². The molecule has 0 radical (unpaired) electrons. The first-order valence-electron chi connectivity index (χ1n) is 6.72. The minimum Gasteiger partial charge on any atom is -0.375 e. The van der Waals surface area contributed by atoms with Gasteiger partial charge in [0.25, 0.3) is 0 Å². The minimum absolute atomic E-state index is 0.122. The minimum atomic E-state index is -0.275. The van der Waals surface area contributed by atoms with E-state index in [1.54, 1.807) is 17.1 Å². The number of rotatable bonds is 2. The summed E-state index contributed by atoms with van der Waals surface area (Å²) < 4.78 is 13.1. The molecule has 3 nitrogen and oxygen atoms in total. The molecule has 1 aliphatic heterocycles. The summed E-state index contributed by atoms with van der Waals surface area (Å²) in [4.78, 5) is 0.